The average Bonchev–Trinajstić information content (AvgIpc) is 3.23. The molecule has 0 aliphatic carbocycles. The normalized spacial score (nSPS) is 19.5. The number of anilines is 3. The number of carbonyl (C=O) groups is 2. The molecule has 0 bridgehead atoms. The number of nitrogens with zero attached hydrogens (tertiary/aromatic N) is 5. The summed E-state index contributed by atoms with van der Waals surface area (Å²) in [5.41, 5.74) is 3.82. The average molecular weight is 443 g/mol. The lowest BCUT2D eigenvalue weighted by atomic mass is 9.96. The van der Waals surface area contributed by atoms with Gasteiger partial charge >= 0.3 is 0 Å². The fraction of sp³-hybridized carbons (Fsp3) is 0.545. The molecular weight excluding hydrogens is 412 g/mol. The summed E-state index contributed by atoms with van der Waals surface area (Å²) in [6, 6.07) is 6.55. The van der Waals surface area contributed by atoms with Gasteiger partial charge in [0.1, 0.15) is 0 Å². The molecule has 0 radical (unpaired) electrons. The maximum atomic E-state index is 13.2. The van der Waals surface area contributed by atoms with Gasteiger partial charge < -0.3 is 14.7 Å². The van der Waals surface area contributed by atoms with Crippen molar-refractivity contribution in [3.05, 3.63) is 29.3 Å². The molecule has 31 heavy (non-hydrogen) atoms. The van der Waals surface area contributed by atoms with Gasteiger partial charge in [0.25, 0.3) is 0 Å². The minimum Gasteiger partial charge on any atom is -0.368 e. The van der Waals surface area contributed by atoms with Gasteiger partial charge in [0.15, 0.2) is 0 Å². The molecule has 0 saturated carbocycles. The van der Waals surface area contributed by atoms with E-state index in [1.54, 1.807) is 0 Å². The number of rotatable bonds is 4. The Labute approximate surface area is 187 Å². The summed E-state index contributed by atoms with van der Waals surface area (Å²) >= 11 is 1.27. The number of aromatic nitrogens is 2. The van der Waals surface area contributed by atoms with Crippen LogP contribution in [-0.2, 0) is 9.59 Å². The van der Waals surface area contributed by atoms with E-state index in [9.17, 15) is 9.59 Å². The van der Waals surface area contributed by atoms with Crippen LogP contribution >= 0.6 is 11.5 Å². The Kier molecular flexibility index (Phi) is 6.41. The minimum absolute atomic E-state index is 0.0193. The summed E-state index contributed by atoms with van der Waals surface area (Å²) in [5, 5.41) is 3.38. The Hall–Kier alpha value is -2.68. The second kappa shape index (κ2) is 9.21. The van der Waals surface area contributed by atoms with E-state index in [4.69, 9.17) is 0 Å². The molecule has 9 heteroatoms. The molecule has 0 unspecified atom stereocenters. The zero-order valence-corrected chi connectivity index (χ0v) is 19.2. The maximum absolute atomic E-state index is 13.2. The number of carbonyl (C=O) groups excluding carboxylic acids is 2. The minimum atomic E-state index is -0.184. The van der Waals surface area contributed by atoms with Gasteiger partial charge in [-0.05, 0) is 43.9 Å². The molecule has 2 aliphatic rings. The molecule has 0 spiro atoms. The van der Waals surface area contributed by atoms with Crippen molar-refractivity contribution in [2.75, 3.05) is 54.4 Å². The van der Waals surface area contributed by atoms with Crippen molar-refractivity contribution in [1.29, 1.82) is 0 Å². The quantitative estimate of drug-likeness (QED) is 0.784. The van der Waals surface area contributed by atoms with Gasteiger partial charge in [-0.3, -0.25) is 14.9 Å². The van der Waals surface area contributed by atoms with Gasteiger partial charge in [-0.15, -0.1) is 0 Å². The first kappa shape index (κ1) is 21.5. The monoisotopic (exact) mass is 442 g/mol. The molecule has 2 saturated heterocycles. The summed E-state index contributed by atoms with van der Waals surface area (Å²) in [5.74, 6) is 0.380. The van der Waals surface area contributed by atoms with Crippen LogP contribution in [0.1, 0.15) is 30.9 Å². The van der Waals surface area contributed by atoms with Crippen LogP contribution in [-0.4, -0.2) is 65.3 Å². The van der Waals surface area contributed by atoms with Crippen LogP contribution in [0.3, 0.4) is 0 Å². The van der Waals surface area contributed by atoms with Crippen molar-refractivity contribution in [2.24, 2.45) is 5.92 Å². The van der Waals surface area contributed by atoms with E-state index in [-0.39, 0.29) is 17.7 Å². The number of piperazine rings is 1. The highest BCUT2D eigenvalue weighted by atomic mass is 32.1. The number of hydrogen-bond acceptors (Lipinski definition) is 7. The number of benzene rings is 1. The van der Waals surface area contributed by atoms with Crippen LogP contribution in [0.4, 0.5) is 16.8 Å². The van der Waals surface area contributed by atoms with Gasteiger partial charge in [-0.25, -0.2) is 0 Å². The van der Waals surface area contributed by atoms with Crippen LogP contribution in [0.2, 0.25) is 0 Å². The Morgan fingerprint density at radius 2 is 1.87 bits per heavy atom. The third-order valence-corrected chi connectivity index (χ3v) is 6.82. The lowest BCUT2D eigenvalue weighted by Crippen LogP contribution is -2.52. The number of nitrogens with one attached hydrogen (secondary N) is 1. The first-order valence-electron chi connectivity index (χ1n) is 10.9. The van der Waals surface area contributed by atoms with Gasteiger partial charge in [-0.2, -0.15) is 9.36 Å². The second-order valence-electron chi connectivity index (χ2n) is 8.47. The van der Waals surface area contributed by atoms with Crippen LogP contribution < -0.4 is 15.1 Å². The van der Waals surface area contributed by atoms with Crippen molar-refractivity contribution < 1.29 is 9.59 Å². The molecule has 2 aliphatic heterocycles. The number of aryl methyl sites for hydroxylation is 2. The Balaban J connectivity index is 1.35. The van der Waals surface area contributed by atoms with Gasteiger partial charge in [0.2, 0.25) is 22.9 Å². The zero-order valence-electron chi connectivity index (χ0n) is 18.4. The standard InChI is InChI=1S/C22H30N6O2S/c1-15-6-7-16(2)19(13-15)26-9-11-27(12-10-26)20(30)18-5-4-8-28(14-18)22-24-21(25-31-22)23-17(3)29/h6-7,13,18H,4-5,8-12,14H2,1-3H3,(H,23,25,29)/t18-/m1/s1. The fourth-order valence-electron chi connectivity index (χ4n) is 4.39. The van der Waals surface area contributed by atoms with E-state index in [1.165, 1.54) is 35.3 Å². The van der Waals surface area contributed by atoms with E-state index < -0.39 is 0 Å². The molecule has 3 heterocycles. The van der Waals surface area contributed by atoms with E-state index >= 15 is 0 Å². The van der Waals surface area contributed by atoms with E-state index in [0.717, 1.165) is 50.7 Å². The van der Waals surface area contributed by atoms with E-state index in [0.29, 0.717) is 12.5 Å². The van der Waals surface area contributed by atoms with E-state index in [1.807, 2.05) is 4.90 Å². The highest BCUT2D eigenvalue weighted by molar-refractivity contribution is 7.09. The summed E-state index contributed by atoms with van der Waals surface area (Å²) in [7, 11) is 0. The molecule has 4 rings (SSSR count). The zero-order chi connectivity index (χ0) is 22.0. The lowest BCUT2D eigenvalue weighted by molar-refractivity contribution is -0.136. The number of hydrogen-bond donors (Lipinski definition) is 1. The van der Waals surface area contributed by atoms with Gasteiger partial charge in [-0.1, -0.05) is 12.1 Å². The van der Waals surface area contributed by atoms with Crippen molar-refractivity contribution in [2.45, 2.75) is 33.6 Å². The predicted molar refractivity (Wildman–Crippen MR) is 124 cm³/mol. The Morgan fingerprint density at radius 1 is 1.10 bits per heavy atom. The molecule has 1 aromatic heterocycles. The molecule has 1 N–H and O–H groups in total. The van der Waals surface area contributed by atoms with Crippen LogP contribution in [0.25, 0.3) is 0 Å². The first-order chi connectivity index (χ1) is 14.9. The predicted octanol–water partition coefficient (Wildman–Crippen LogP) is 2.68. The third-order valence-electron chi connectivity index (χ3n) is 6.04. The maximum Gasteiger partial charge on any atom is 0.243 e. The summed E-state index contributed by atoms with van der Waals surface area (Å²) in [4.78, 5) is 35.4. The lowest BCUT2D eigenvalue weighted by Gasteiger charge is -2.40. The van der Waals surface area contributed by atoms with Gasteiger partial charge in [0.05, 0.1) is 5.92 Å². The topological polar surface area (TPSA) is 81.7 Å². The fourth-order valence-corrected chi connectivity index (χ4v) is 5.05. The second-order valence-corrected chi connectivity index (χ2v) is 9.20. The van der Waals surface area contributed by atoms with Gasteiger partial charge in [0, 0.05) is 63.4 Å². The molecule has 8 nitrogen and oxygen atoms in total. The molecule has 2 fully saturated rings. The van der Waals surface area contributed by atoms with Crippen LogP contribution in [0.15, 0.2) is 18.2 Å². The number of amides is 2. The van der Waals surface area contributed by atoms with Crippen molar-refractivity contribution in [3.63, 3.8) is 0 Å². The van der Waals surface area contributed by atoms with Crippen LogP contribution in [0.5, 0.6) is 0 Å². The number of piperidine rings is 1. The third kappa shape index (κ3) is 4.98. The largest absolute Gasteiger partial charge is 0.368 e. The molecule has 166 valence electrons. The van der Waals surface area contributed by atoms with E-state index in [2.05, 4.69) is 56.5 Å². The molecule has 1 atom stereocenters. The summed E-state index contributed by atoms with van der Waals surface area (Å²) in [6.45, 7) is 10.5. The first-order valence-corrected chi connectivity index (χ1v) is 11.7. The Morgan fingerprint density at radius 3 is 2.61 bits per heavy atom. The van der Waals surface area contributed by atoms with Crippen molar-refractivity contribution >= 4 is 40.1 Å². The molecule has 1 aromatic carbocycles. The molecular formula is C22H30N6O2S. The van der Waals surface area contributed by atoms with Crippen LogP contribution in [0, 0.1) is 19.8 Å². The van der Waals surface area contributed by atoms with Crippen molar-refractivity contribution in [3.8, 4) is 0 Å². The SMILES string of the molecule is CC(=O)Nc1nsc(N2CCC[C@@H](C(=O)N3CCN(c4cc(C)ccc4C)CC3)C2)n1. The van der Waals surface area contributed by atoms with Crippen molar-refractivity contribution in [1.82, 2.24) is 14.3 Å². The molecule has 2 aromatic rings. The smallest absolute Gasteiger partial charge is 0.243 e. The molecule has 2 amide bonds. The highest BCUT2D eigenvalue weighted by Crippen LogP contribution is 2.28. The Bertz CT molecular complexity index is 953. The summed E-state index contributed by atoms with van der Waals surface area (Å²) in [6.07, 6.45) is 1.86. The highest BCUT2D eigenvalue weighted by Gasteiger charge is 2.32. The summed E-state index contributed by atoms with van der Waals surface area (Å²) < 4.78 is 4.20.